The molecule has 0 aromatic rings. The molecule has 0 aliphatic rings. The van der Waals surface area contributed by atoms with Crippen molar-refractivity contribution in [2.75, 3.05) is 13.6 Å². The van der Waals surface area contributed by atoms with Crippen LogP contribution in [-0.4, -0.2) is 36.1 Å². The van der Waals surface area contributed by atoms with Crippen LogP contribution in [0.1, 0.15) is 48.0 Å². The van der Waals surface area contributed by atoms with E-state index in [4.69, 9.17) is 0 Å². The van der Waals surface area contributed by atoms with Gasteiger partial charge in [0.15, 0.2) is 0 Å². The minimum absolute atomic E-state index is 0.327. The van der Waals surface area contributed by atoms with Gasteiger partial charge in [-0.2, -0.15) is 5.26 Å². The van der Waals surface area contributed by atoms with Crippen molar-refractivity contribution in [3.8, 4) is 6.07 Å². The number of nitrogens with zero attached hydrogens (tertiary/aromatic N) is 2. The van der Waals surface area contributed by atoms with Crippen molar-refractivity contribution in [3.05, 3.63) is 0 Å². The molecule has 0 aliphatic heterocycles. The Morgan fingerprint density at radius 3 is 2.12 bits per heavy atom. The van der Waals surface area contributed by atoms with E-state index in [-0.39, 0.29) is 0 Å². The van der Waals surface area contributed by atoms with Crippen LogP contribution < -0.4 is 5.32 Å². The molecule has 0 amide bonds. The molecule has 0 radical (unpaired) electrons. The van der Waals surface area contributed by atoms with E-state index in [0.717, 1.165) is 6.54 Å². The molecule has 0 bridgehead atoms. The van der Waals surface area contributed by atoms with Gasteiger partial charge in [-0.3, -0.25) is 5.32 Å². The van der Waals surface area contributed by atoms with Crippen LogP contribution in [0, 0.1) is 17.2 Å². The number of hydrogen-bond acceptors (Lipinski definition) is 3. The Kier molecular flexibility index (Phi) is 6.74. The van der Waals surface area contributed by atoms with Crippen LogP contribution in [0.4, 0.5) is 0 Å². The molecule has 0 aliphatic carbocycles. The molecule has 3 heteroatoms. The fourth-order valence-electron chi connectivity index (χ4n) is 2.27. The van der Waals surface area contributed by atoms with Crippen molar-refractivity contribution in [2.45, 2.75) is 65.6 Å². The maximum atomic E-state index is 9.31. The number of rotatable bonds is 7. The summed E-state index contributed by atoms with van der Waals surface area (Å²) in [5.74, 6) is 0.693. The molecule has 0 saturated carbocycles. The van der Waals surface area contributed by atoms with Gasteiger partial charge < -0.3 is 4.90 Å². The third-order valence-electron chi connectivity index (χ3n) is 2.98. The predicted octanol–water partition coefficient (Wildman–Crippen LogP) is 2.63. The largest absolute Gasteiger partial charge is 0.301 e. The van der Waals surface area contributed by atoms with Crippen molar-refractivity contribution in [2.24, 2.45) is 5.92 Å². The highest BCUT2D eigenvalue weighted by Gasteiger charge is 2.27. The van der Waals surface area contributed by atoms with Crippen molar-refractivity contribution in [1.82, 2.24) is 10.2 Å². The fraction of sp³-hybridized carbons (Fsp3) is 0.929. The molecular formula is C14H29N3. The van der Waals surface area contributed by atoms with Crippen molar-refractivity contribution in [3.63, 3.8) is 0 Å². The second-order valence-electron chi connectivity index (χ2n) is 6.14. The summed E-state index contributed by atoms with van der Waals surface area (Å²) in [6.45, 7) is 13.6. The Morgan fingerprint density at radius 1 is 1.24 bits per heavy atom. The Hall–Kier alpha value is -0.590. The first-order valence-electron chi connectivity index (χ1n) is 6.59. The molecule has 0 saturated heterocycles. The standard InChI is InChI=1S/C14H29N3/c1-11(2)8-13(5)17(7)10-14(6,9-15)16-12(3)4/h11-13,16H,8,10H2,1-7H3. The first-order chi connectivity index (χ1) is 7.70. The molecule has 0 aromatic carbocycles. The maximum absolute atomic E-state index is 9.31. The number of nitrogens with one attached hydrogen (secondary N) is 1. The van der Waals surface area contributed by atoms with Gasteiger partial charge in [-0.25, -0.2) is 0 Å². The molecule has 0 heterocycles. The van der Waals surface area contributed by atoms with Crippen molar-refractivity contribution < 1.29 is 0 Å². The Balaban J connectivity index is 4.42. The van der Waals surface area contributed by atoms with Gasteiger partial charge >= 0.3 is 0 Å². The van der Waals surface area contributed by atoms with Gasteiger partial charge in [0.2, 0.25) is 0 Å². The highest BCUT2D eigenvalue weighted by Crippen LogP contribution is 2.13. The minimum atomic E-state index is -0.464. The quantitative estimate of drug-likeness (QED) is 0.742. The van der Waals surface area contributed by atoms with Gasteiger partial charge in [0.1, 0.15) is 5.54 Å². The van der Waals surface area contributed by atoms with E-state index < -0.39 is 5.54 Å². The molecule has 17 heavy (non-hydrogen) atoms. The van der Waals surface area contributed by atoms with E-state index in [9.17, 15) is 5.26 Å². The van der Waals surface area contributed by atoms with E-state index in [2.05, 4.69) is 58.0 Å². The van der Waals surface area contributed by atoms with Crippen LogP contribution in [0.15, 0.2) is 0 Å². The second-order valence-corrected chi connectivity index (χ2v) is 6.14. The average Bonchev–Trinajstić information content (AvgIpc) is 2.15. The molecule has 2 unspecified atom stereocenters. The molecule has 0 rings (SSSR count). The first kappa shape index (κ1) is 16.4. The molecular weight excluding hydrogens is 210 g/mol. The molecule has 2 atom stereocenters. The highest BCUT2D eigenvalue weighted by molar-refractivity contribution is 5.06. The summed E-state index contributed by atoms with van der Waals surface area (Å²) in [4.78, 5) is 2.28. The normalized spacial score (nSPS) is 17.2. The smallest absolute Gasteiger partial charge is 0.116 e. The third kappa shape index (κ3) is 6.65. The first-order valence-corrected chi connectivity index (χ1v) is 6.59. The fourth-order valence-corrected chi connectivity index (χ4v) is 2.27. The lowest BCUT2D eigenvalue weighted by atomic mass is 9.99. The van der Waals surface area contributed by atoms with Crippen LogP contribution in [-0.2, 0) is 0 Å². The van der Waals surface area contributed by atoms with Gasteiger partial charge in [-0.05, 0) is 47.1 Å². The highest BCUT2D eigenvalue weighted by atomic mass is 15.2. The molecule has 0 fully saturated rings. The summed E-state index contributed by atoms with van der Waals surface area (Å²) >= 11 is 0. The molecule has 1 N–H and O–H groups in total. The van der Waals surface area contributed by atoms with Gasteiger partial charge in [0.05, 0.1) is 6.07 Å². The Labute approximate surface area is 107 Å². The van der Waals surface area contributed by atoms with Gasteiger partial charge in [-0.1, -0.05) is 13.8 Å². The van der Waals surface area contributed by atoms with E-state index in [0.29, 0.717) is 18.0 Å². The lowest BCUT2D eigenvalue weighted by Gasteiger charge is -2.34. The zero-order valence-corrected chi connectivity index (χ0v) is 12.5. The van der Waals surface area contributed by atoms with Crippen LogP contribution in [0.25, 0.3) is 0 Å². The third-order valence-corrected chi connectivity index (χ3v) is 2.98. The molecule has 0 spiro atoms. The van der Waals surface area contributed by atoms with E-state index in [1.54, 1.807) is 0 Å². The van der Waals surface area contributed by atoms with Crippen LogP contribution in [0.5, 0.6) is 0 Å². The Morgan fingerprint density at radius 2 is 1.76 bits per heavy atom. The zero-order valence-electron chi connectivity index (χ0n) is 12.5. The SMILES string of the molecule is CC(C)CC(C)N(C)CC(C)(C#N)NC(C)C. The van der Waals surface area contributed by atoms with Gasteiger partial charge in [-0.15, -0.1) is 0 Å². The predicted molar refractivity (Wildman–Crippen MR) is 73.8 cm³/mol. The van der Waals surface area contributed by atoms with Gasteiger partial charge in [0.25, 0.3) is 0 Å². The zero-order chi connectivity index (χ0) is 13.6. The minimum Gasteiger partial charge on any atom is -0.301 e. The molecule has 3 nitrogen and oxygen atoms in total. The van der Waals surface area contributed by atoms with E-state index in [1.807, 2.05) is 6.92 Å². The monoisotopic (exact) mass is 239 g/mol. The average molecular weight is 239 g/mol. The lowest BCUT2D eigenvalue weighted by Crippen LogP contribution is -2.53. The maximum Gasteiger partial charge on any atom is 0.116 e. The summed E-state index contributed by atoms with van der Waals surface area (Å²) in [6, 6.07) is 3.23. The summed E-state index contributed by atoms with van der Waals surface area (Å²) in [5, 5.41) is 12.6. The second kappa shape index (κ2) is 6.98. The number of likely N-dealkylation sites (N-methyl/N-ethyl adjacent to an activating group) is 1. The van der Waals surface area contributed by atoms with Crippen LogP contribution in [0.2, 0.25) is 0 Å². The van der Waals surface area contributed by atoms with E-state index >= 15 is 0 Å². The lowest BCUT2D eigenvalue weighted by molar-refractivity contribution is 0.184. The van der Waals surface area contributed by atoms with Crippen molar-refractivity contribution in [1.29, 1.82) is 5.26 Å². The molecule has 100 valence electrons. The summed E-state index contributed by atoms with van der Waals surface area (Å²) in [7, 11) is 2.10. The Bertz CT molecular complexity index is 255. The summed E-state index contributed by atoms with van der Waals surface area (Å²) in [6.07, 6.45) is 1.17. The summed E-state index contributed by atoms with van der Waals surface area (Å²) in [5.41, 5.74) is -0.464. The van der Waals surface area contributed by atoms with E-state index in [1.165, 1.54) is 6.42 Å². The summed E-state index contributed by atoms with van der Waals surface area (Å²) < 4.78 is 0. The topological polar surface area (TPSA) is 39.1 Å². The number of nitriles is 1. The van der Waals surface area contributed by atoms with Crippen LogP contribution >= 0.6 is 0 Å². The van der Waals surface area contributed by atoms with Crippen molar-refractivity contribution >= 4 is 0 Å². The molecule has 0 aromatic heterocycles. The van der Waals surface area contributed by atoms with Gasteiger partial charge in [0, 0.05) is 18.6 Å². The van der Waals surface area contributed by atoms with Crippen LogP contribution in [0.3, 0.4) is 0 Å². The number of hydrogen-bond donors (Lipinski definition) is 1.